The van der Waals surface area contributed by atoms with E-state index < -0.39 is 0 Å². The molecule has 0 amide bonds. The first kappa shape index (κ1) is 40.3. The van der Waals surface area contributed by atoms with Crippen LogP contribution in [0.25, 0.3) is 96.6 Å². The van der Waals surface area contributed by atoms with Crippen LogP contribution in [0.4, 0.5) is 34.1 Å². The summed E-state index contributed by atoms with van der Waals surface area (Å²) >= 11 is 3.66. The highest BCUT2D eigenvalue weighted by Crippen LogP contribution is 2.43. The van der Waals surface area contributed by atoms with Gasteiger partial charge in [0.25, 0.3) is 0 Å². The van der Waals surface area contributed by atoms with Gasteiger partial charge in [-0.05, 0) is 157 Å². The molecule has 6 nitrogen and oxygen atoms in total. The van der Waals surface area contributed by atoms with Crippen molar-refractivity contribution >= 4 is 119 Å². The molecule has 4 heterocycles. The summed E-state index contributed by atoms with van der Waals surface area (Å²) in [5.41, 5.74) is 13.3. The largest absolute Gasteiger partial charge is 0.436 e. The minimum atomic E-state index is 0.571. The van der Waals surface area contributed by atoms with Gasteiger partial charge in [0.05, 0.1) is 0 Å². The quantitative estimate of drug-likeness (QED) is 0.144. The topological polar surface area (TPSA) is 58.5 Å². The number of nitrogens with zero attached hydrogens (tertiary/aromatic N) is 4. The van der Waals surface area contributed by atoms with Gasteiger partial charge in [-0.25, -0.2) is 9.97 Å². The van der Waals surface area contributed by atoms with Crippen molar-refractivity contribution < 1.29 is 8.83 Å². The van der Waals surface area contributed by atoms with Gasteiger partial charge in [0.2, 0.25) is 11.8 Å². The van der Waals surface area contributed by atoms with Crippen LogP contribution < -0.4 is 9.80 Å². The first-order chi connectivity index (χ1) is 34.6. The van der Waals surface area contributed by atoms with Crippen LogP contribution in [0, 0.1) is 0 Å². The average Bonchev–Trinajstić information content (AvgIpc) is 4.22. The molecule has 0 unspecified atom stereocenters. The number of rotatable bonds is 9. The SMILES string of the molecule is c1ccc(N(c2ccc(-c3nc4ccc(-c5ccc6nc(-c7ccc(N(c8ccccc8)c8ccc9sc%10ccccc%10c9c8)cc7)oc6c5)cc4o3)cc2)c2ccc3sc4ccccc4c3c2)cc1. The first-order valence-electron chi connectivity index (χ1n) is 23.2. The molecule has 0 saturated heterocycles. The summed E-state index contributed by atoms with van der Waals surface area (Å²) in [6.07, 6.45) is 0. The van der Waals surface area contributed by atoms with E-state index in [1.54, 1.807) is 0 Å². The van der Waals surface area contributed by atoms with Gasteiger partial charge in [0, 0.05) is 85.6 Å². The monoisotopic (exact) mass is 934 g/mol. The molecule has 0 fully saturated rings. The minimum Gasteiger partial charge on any atom is -0.436 e. The number of oxazole rings is 2. The van der Waals surface area contributed by atoms with Crippen LogP contribution in [0.15, 0.2) is 239 Å². The molecule has 0 aliphatic carbocycles. The highest BCUT2D eigenvalue weighted by Gasteiger charge is 2.19. The van der Waals surface area contributed by atoms with Crippen LogP contribution in [0.2, 0.25) is 0 Å². The zero-order valence-electron chi connectivity index (χ0n) is 37.4. The predicted molar refractivity (Wildman–Crippen MR) is 293 cm³/mol. The smallest absolute Gasteiger partial charge is 0.227 e. The van der Waals surface area contributed by atoms with Gasteiger partial charge < -0.3 is 18.6 Å². The lowest BCUT2D eigenvalue weighted by molar-refractivity contribution is 0.619. The first-order valence-corrected chi connectivity index (χ1v) is 24.8. The highest BCUT2D eigenvalue weighted by atomic mass is 32.1. The molecule has 0 N–H and O–H groups in total. The van der Waals surface area contributed by atoms with Gasteiger partial charge in [-0.15, -0.1) is 22.7 Å². The maximum absolute atomic E-state index is 6.47. The van der Waals surface area contributed by atoms with Crippen molar-refractivity contribution in [2.24, 2.45) is 0 Å². The third kappa shape index (κ3) is 7.00. The molecular formula is C62H38N4O2S2. The van der Waals surface area contributed by atoms with E-state index >= 15 is 0 Å². The molecule has 0 atom stereocenters. The van der Waals surface area contributed by atoms with Gasteiger partial charge in [0.15, 0.2) is 11.2 Å². The second kappa shape index (κ2) is 16.5. The van der Waals surface area contributed by atoms with Crippen molar-refractivity contribution in [3.8, 4) is 34.0 Å². The molecule has 8 heteroatoms. The van der Waals surface area contributed by atoms with E-state index in [2.05, 4.69) is 228 Å². The lowest BCUT2D eigenvalue weighted by atomic mass is 10.1. The molecule has 0 aliphatic heterocycles. The number of para-hydroxylation sites is 2. The summed E-state index contributed by atoms with van der Waals surface area (Å²) in [6.45, 7) is 0. The second-order valence-electron chi connectivity index (χ2n) is 17.4. The number of benzene rings is 10. The summed E-state index contributed by atoms with van der Waals surface area (Å²) in [5.74, 6) is 1.14. The Balaban J connectivity index is 0.735. The van der Waals surface area contributed by atoms with Gasteiger partial charge in [-0.3, -0.25) is 0 Å². The van der Waals surface area contributed by atoms with Crippen LogP contribution in [0.3, 0.4) is 0 Å². The Hall–Kier alpha value is -8.82. The molecule has 70 heavy (non-hydrogen) atoms. The van der Waals surface area contributed by atoms with Crippen LogP contribution in [0.5, 0.6) is 0 Å². The number of hydrogen-bond donors (Lipinski definition) is 0. The van der Waals surface area contributed by atoms with Crippen molar-refractivity contribution in [2.75, 3.05) is 9.80 Å². The number of anilines is 6. The maximum atomic E-state index is 6.47. The van der Waals surface area contributed by atoms with Crippen molar-refractivity contribution in [1.29, 1.82) is 0 Å². The lowest BCUT2D eigenvalue weighted by Crippen LogP contribution is -2.09. The van der Waals surface area contributed by atoms with Crippen molar-refractivity contribution in [1.82, 2.24) is 9.97 Å². The van der Waals surface area contributed by atoms with Crippen LogP contribution >= 0.6 is 22.7 Å². The van der Waals surface area contributed by atoms with E-state index in [9.17, 15) is 0 Å². The molecule has 330 valence electrons. The molecule has 0 radical (unpaired) electrons. The molecule has 0 spiro atoms. The Morgan fingerprint density at radius 2 is 0.643 bits per heavy atom. The molecule has 14 rings (SSSR count). The fourth-order valence-corrected chi connectivity index (χ4v) is 11.9. The number of fused-ring (bicyclic) bond motifs is 8. The van der Waals surface area contributed by atoms with Gasteiger partial charge in [0.1, 0.15) is 11.0 Å². The summed E-state index contributed by atoms with van der Waals surface area (Å²) in [7, 11) is 0. The molecule has 4 aromatic heterocycles. The van der Waals surface area contributed by atoms with E-state index in [-0.39, 0.29) is 0 Å². The molecule has 0 saturated carbocycles. The second-order valence-corrected chi connectivity index (χ2v) is 19.6. The third-order valence-electron chi connectivity index (χ3n) is 13.1. The summed E-state index contributed by atoms with van der Waals surface area (Å²) in [4.78, 5) is 14.4. The van der Waals surface area contributed by atoms with E-state index in [1.165, 1.54) is 40.3 Å². The zero-order chi connectivity index (χ0) is 46.1. The number of thiophene rings is 2. The Bertz CT molecular complexity index is 3970. The molecule has 10 aromatic carbocycles. The Labute approximate surface area is 410 Å². The van der Waals surface area contributed by atoms with E-state index in [0.717, 1.165) is 67.4 Å². The Morgan fingerprint density at radius 3 is 1.09 bits per heavy atom. The summed E-state index contributed by atoms with van der Waals surface area (Å²) in [5, 5.41) is 5.08. The van der Waals surface area contributed by atoms with E-state index in [1.807, 2.05) is 34.8 Å². The van der Waals surface area contributed by atoms with Crippen LogP contribution in [-0.2, 0) is 0 Å². The third-order valence-corrected chi connectivity index (χ3v) is 15.4. The minimum absolute atomic E-state index is 0.571. The van der Waals surface area contributed by atoms with Crippen LogP contribution in [-0.4, -0.2) is 9.97 Å². The predicted octanol–water partition coefficient (Wildman–Crippen LogP) is 18.6. The number of aromatic nitrogens is 2. The summed E-state index contributed by atoms with van der Waals surface area (Å²) < 4.78 is 18.1. The van der Waals surface area contributed by atoms with Crippen molar-refractivity contribution in [3.05, 3.63) is 231 Å². The average molecular weight is 935 g/mol. The van der Waals surface area contributed by atoms with Gasteiger partial charge in [-0.1, -0.05) is 84.9 Å². The molecular weight excluding hydrogens is 897 g/mol. The molecule has 14 aromatic rings. The summed E-state index contributed by atoms with van der Waals surface area (Å²) in [6, 6.07) is 81.0. The normalized spacial score (nSPS) is 11.7. The van der Waals surface area contributed by atoms with Gasteiger partial charge in [-0.2, -0.15) is 0 Å². The van der Waals surface area contributed by atoms with E-state index in [4.69, 9.17) is 18.8 Å². The fraction of sp³-hybridized carbons (Fsp3) is 0. The Morgan fingerprint density at radius 1 is 0.286 bits per heavy atom. The van der Waals surface area contributed by atoms with Crippen LogP contribution in [0.1, 0.15) is 0 Å². The standard InChI is InChI=1S/C62H38N4O2S2/c1-3-11-43(12-4-1)65(47-29-33-59-51(37-47)49-15-7-9-17-57(49)69-59)45-25-19-39(20-26-45)61-63-53-31-23-41(35-55(53)67-61)42-24-32-54-56(36-42)68-62(64-54)40-21-27-46(28-22-40)66(44-13-5-2-6-14-44)48-30-34-60-52(38-48)50-16-8-10-18-58(50)70-60/h1-38H. The van der Waals surface area contributed by atoms with Gasteiger partial charge >= 0.3 is 0 Å². The fourth-order valence-electron chi connectivity index (χ4n) is 9.72. The zero-order valence-corrected chi connectivity index (χ0v) is 39.0. The highest BCUT2D eigenvalue weighted by molar-refractivity contribution is 7.26. The molecule has 0 aliphatic rings. The van der Waals surface area contributed by atoms with Crippen molar-refractivity contribution in [2.45, 2.75) is 0 Å². The maximum Gasteiger partial charge on any atom is 0.227 e. The number of hydrogen-bond acceptors (Lipinski definition) is 8. The van der Waals surface area contributed by atoms with E-state index in [0.29, 0.717) is 22.9 Å². The lowest BCUT2D eigenvalue weighted by Gasteiger charge is -2.25. The van der Waals surface area contributed by atoms with Crippen molar-refractivity contribution in [3.63, 3.8) is 0 Å². The Kier molecular flexibility index (Phi) is 9.46. The molecule has 0 bridgehead atoms.